The van der Waals surface area contributed by atoms with Crippen molar-refractivity contribution in [3.63, 3.8) is 0 Å². The van der Waals surface area contributed by atoms with Gasteiger partial charge in [-0.15, -0.1) is 0 Å². The fourth-order valence-corrected chi connectivity index (χ4v) is 1.70. The first-order valence-corrected chi connectivity index (χ1v) is 4.30. The molecule has 0 saturated heterocycles. The van der Waals surface area contributed by atoms with Crippen LogP contribution < -0.4 is 0 Å². The van der Waals surface area contributed by atoms with Crippen LogP contribution in [0.2, 0.25) is 0 Å². The number of rotatable bonds is 0. The minimum absolute atomic E-state index is 0.946. The van der Waals surface area contributed by atoms with Gasteiger partial charge in [0.15, 0.2) is 0 Å². The molecule has 13 heavy (non-hydrogen) atoms. The summed E-state index contributed by atoms with van der Waals surface area (Å²) in [5.74, 6) is 0. The summed E-state index contributed by atoms with van der Waals surface area (Å²) in [5.41, 5.74) is 3.38. The summed E-state index contributed by atoms with van der Waals surface area (Å²) in [6.07, 6.45) is 1.80. The van der Waals surface area contributed by atoms with Crippen molar-refractivity contribution >= 4 is 11.0 Å². The fourth-order valence-electron chi connectivity index (χ4n) is 1.70. The van der Waals surface area contributed by atoms with Gasteiger partial charge in [0.1, 0.15) is 5.58 Å². The molecule has 0 amide bonds. The lowest BCUT2D eigenvalue weighted by Crippen LogP contribution is -1.77. The lowest BCUT2D eigenvalue weighted by atomic mass is 10.1. The van der Waals surface area contributed by atoms with Gasteiger partial charge in [-0.25, -0.2) is 0 Å². The molecule has 0 atom stereocenters. The molecule has 3 rings (SSSR count). The Bertz CT molecular complexity index is 522. The summed E-state index contributed by atoms with van der Waals surface area (Å²) >= 11 is 0. The molecular weight excluding hydrogens is 160 g/mol. The highest BCUT2D eigenvalue weighted by atomic mass is 16.3. The Balaban J connectivity index is 2.57. The smallest absolute Gasteiger partial charge is 0.134 e. The molecule has 1 heteroatoms. The maximum Gasteiger partial charge on any atom is 0.134 e. The first-order valence-electron chi connectivity index (χ1n) is 4.30. The van der Waals surface area contributed by atoms with E-state index < -0.39 is 0 Å². The van der Waals surface area contributed by atoms with Crippen LogP contribution in [0.15, 0.2) is 53.1 Å². The van der Waals surface area contributed by atoms with Gasteiger partial charge in [-0.2, -0.15) is 0 Å². The third kappa shape index (κ3) is 0.872. The predicted molar refractivity (Wildman–Crippen MR) is 52.8 cm³/mol. The van der Waals surface area contributed by atoms with E-state index in [1.165, 1.54) is 16.5 Å². The predicted octanol–water partition coefficient (Wildman–Crippen LogP) is 3.54. The zero-order valence-corrected chi connectivity index (χ0v) is 7.03. The summed E-state index contributed by atoms with van der Waals surface area (Å²) in [5, 5.41) is 1.19. The van der Waals surface area contributed by atoms with Crippen LogP contribution in [0, 0.1) is 0 Å². The lowest BCUT2D eigenvalue weighted by molar-refractivity contribution is 0.606. The summed E-state index contributed by atoms with van der Waals surface area (Å²) < 4.78 is 5.48. The van der Waals surface area contributed by atoms with Gasteiger partial charge in [0, 0.05) is 10.9 Å². The van der Waals surface area contributed by atoms with Gasteiger partial charge in [-0.1, -0.05) is 36.4 Å². The van der Waals surface area contributed by atoms with Crippen LogP contribution in [0.4, 0.5) is 0 Å². The third-order valence-electron chi connectivity index (χ3n) is 2.34. The SMILES string of the molecule is c1cc2coc3ccccc3c-2c1. The first-order chi connectivity index (χ1) is 6.45. The molecule has 1 aliphatic carbocycles. The zero-order chi connectivity index (χ0) is 8.67. The van der Waals surface area contributed by atoms with E-state index >= 15 is 0 Å². The van der Waals surface area contributed by atoms with Crippen molar-refractivity contribution < 1.29 is 4.42 Å². The van der Waals surface area contributed by atoms with Crippen molar-refractivity contribution in [1.82, 2.24) is 0 Å². The molecule has 0 saturated carbocycles. The van der Waals surface area contributed by atoms with Crippen LogP contribution in [0.3, 0.4) is 0 Å². The molecule has 0 N–H and O–H groups in total. The fraction of sp³-hybridized carbons (Fsp3) is 0. The van der Waals surface area contributed by atoms with Crippen molar-refractivity contribution in [3.8, 4) is 11.1 Å². The molecule has 0 aromatic heterocycles. The van der Waals surface area contributed by atoms with Gasteiger partial charge < -0.3 is 4.42 Å². The van der Waals surface area contributed by atoms with Gasteiger partial charge in [0.25, 0.3) is 0 Å². The zero-order valence-electron chi connectivity index (χ0n) is 7.03. The highest BCUT2D eigenvalue weighted by Gasteiger charge is 2.06. The second kappa shape index (κ2) is 2.36. The van der Waals surface area contributed by atoms with E-state index in [0.29, 0.717) is 0 Å². The summed E-state index contributed by atoms with van der Waals surface area (Å²) in [7, 11) is 0. The maximum atomic E-state index is 5.48. The molecule has 1 aromatic carbocycles. The van der Waals surface area contributed by atoms with Crippen LogP contribution in [0.5, 0.6) is 0 Å². The van der Waals surface area contributed by atoms with Crippen LogP contribution in [-0.2, 0) is 0 Å². The number of para-hydroxylation sites is 1. The van der Waals surface area contributed by atoms with Crippen molar-refractivity contribution in [1.29, 1.82) is 0 Å². The van der Waals surface area contributed by atoms with Crippen LogP contribution in [-0.4, -0.2) is 0 Å². The first kappa shape index (κ1) is 6.72. The van der Waals surface area contributed by atoms with Crippen LogP contribution in [0.25, 0.3) is 22.1 Å². The molecule has 62 valence electrons. The molecule has 2 aliphatic rings. The quantitative estimate of drug-likeness (QED) is 0.500. The van der Waals surface area contributed by atoms with Gasteiger partial charge in [0.2, 0.25) is 0 Å². The second-order valence-electron chi connectivity index (χ2n) is 3.13. The van der Waals surface area contributed by atoms with Crippen molar-refractivity contribution in [2.24, 2.45) is 0 Å². The molecule has 0 unspecified atom stereocenters. The highest BCUT2D eigenvalue weighted by molar-refractivity contribution is 5.94. The normalized spacial score (nSPS) is 11.1. The Hall–Kier alpha value is -1.76. The summed E-state index contributed by atoms with van der Waals surface area (Å²) in [6.45, 7) is 0. The molecular formula is C12H8O. The molecule has 0 bridgehead atoms. The van der Waals surface area contributed by atoms with E-state index in [1.807, 2.05) is 24.3 Å². The highest BCUT2D eigenvalue weighted by Crippen LogP contribution is 2.31. The number of hydrogen-bond acceptors (Lipinski definition) is 1. The average molecular weight is 168 g/mol. The monoisotopic (exact) mass is 168 g/mol. The average Bonchev–Trinajstić information content (AvgIpc) is 2.65. The van der Waals surface area contributed by atoms with Crippen LogP contribution in [0.1, 0.15) is 0 Å². The van der Waals surface area contributed by atoms with E-state index in [4.69, 9.17) is 4.42 Å². The molecule has 1 aromatic rings. The summed E-state index contributed by atoms with van der Waals surface area (Å²) in [6, 6.07) is 14.3. The van der Waals surface area contributed by atoms with E-state index in [-0.39, 0.29) is 0 Å². The Kier molecular flexibility index (Phi) is 1.22. The van der Waals surface area contributed by atoms with E-state index in [1.54, 1.807) is 6.26 Å². The third-order valence-corrected chi connectivity index (χ3v) is 2.34. The number of fused-ring (bicyclic) bond motifs is 3. The largest absolute Gasteiger partial charge is 0.464 e. The van der Waals surface area contributed by atoms with Crippen LogP contribution >= 0.6 is 0 Å². The number of hydrogen-bond donors (Lipinski definition) is 0. The van der Waals surface area contributed by atoms with Gasteiger partial charge in [0.05, 0.1) is 6.26 Å². The number of benzene rings is 1. The molecule has 0 spiro atoms. The molecule has 1 heterocycles. The Morgan fingerprint density at radius 3 is 2.77 bits per heavy atom. The molecule has 0 radical (unpaired) electrons. The Morgan fingerprint density at radius 2 is 1.77 bits per heavy atom. The lowest BCUT2D eigenvalue weighted by Gasteiger charge is -2.02. The Morgan fingerprint density at radius 1 is 0.846 bits per heavy atom. The molecule has 1 nitrogen and oxygen atoms in total. The van der Waals surface area contributed by atoms with E-state index in [0.717, 1.165) is 5.58 Å². The minimum atomic E-state index is 0.946. The standard InChI is InChI=1S/C12H8O/c1-2-7-12-11(5-1)10-6-3-4-9(10)8-13-12/h1-8H. The van der Waals surface area contributed by atoms with Gasteiger partial charge >= 0.3 is 0 Å². The second-order valence-corrected chi connectivity index (χ2v) is 3.13. The maximum absolute atomic E-state index is 5.48. The van der Waals surface area contributed by atoms with Gasteiger partial charge in [-0.3, -0.25) is 0 Å². The van der Waals surface area contributed by atoms with Crippen molar-refractivity contribution in [2.45, 2.75) is 0 Å². The summed E-state index contributed by atoms with van der Waals surface area (Å²) in [4.78, 5) is 0. The topological polar surface area (TPSA) is 13.1 Å². The van der Waals surface area contributed by atoms with E-state index in [2.05, 4.69) is 18.2 Å². The molecule has 0 fully saturated rings. The Labute approximate surface area is 75.9 Å². The molecule has 1 aliphatic heterocycles. The minimum Gasteiger partial charge on any atom is -0.464 e. The van der Waals surface area contributed by atoms with Gasteiger partial charge in [-0.05, 0) is 11.6 Å². The van der Waals surface area contributed by atoms with Crippen molar-refractivity contribution in [3.05, 3.63) is 48.7 Å². The van der Waals surface area contributed by atoms with Crippen molar-refractivity contribution in [2.75, 3.05) is 0 Å². The van der Waals surface area contributed by atoms with E-state index in [9.17, 15) is 0 Å².